The lowest BCUT2D eigenvalue weighted by molar-refractivity contribution is 0.170. The van der Waals surface area contributed by atoms with Gasteiger partial charge < -0.3 is 15.2 Å². The van der Waals surface area contributed by atoms with Gasteiger partial charge in [-0.3, -0.25) is 0 Å². The van der Waals surface area contributed by atoms with Crippen molar-refractivity contribution in [2.75, 3.05) is 13.7 Å². The SMILES string of the molecule is COc1ccc(C(O)CN[C@@H](C)c2ccccc2)cc1. The second-order valence-electron chi connectivity index (χ2n) is 4.83. The Morgan fingerprint density at radius 3 is 2.25 bits per heavy atom. The molecule has 0 radical (unpaired) electrons. The Morgan fingerprint density at radius 2 is 1.65 bits per heavy atom. The van der Waals surface area contributed by atoms with E-state index >= 15 is 0 Å². The predicted molar refractivity (Wildman–Crippen MR) is 80.8 cm³/mol. The molecule has 0 spiro atoms. The van der Waals surface area contributed by atoms with Gasteiger partial charge in [-0.2, -0.15) is 0 Å². The largest absolute Gasteiger partial charge is 0.497 e. The number of rotatable bonds is 6. The summed E-state index contributed by atoms with van der Waals surface area (Å²) in [4.78, 5) is 0. The summed E-state index contributed by atoms with van der Waals surface area (Å²) in [5, 5.41) is 13.5. The van der Waals surface area contributed by atoms with Crippen LogP contribution in [0.1, 0.15) is 30.2 Å². The Kier molecular flexibility index (Phi) is 5.16. The van der Waals surface area contributed by atoms with Crippen LogP contribution in [-0.4, -0.2) is 18.8 Å². The first-order valence-corrected chi connectivity index (χ1v) is 6.81. The number of aliphatic hydroxyl groups is 1. The Labute approximate surface area is 120 Å². The van der Waals surface area contributed by atoms with Gasteiger partial charge in [-0.05, 0) is 30.2 Å². The molecule has 2 rings (SSSR count). The maximum absolute atomic E-state index is 10.2. The molecule has 0 aromatic heterocycles. The summed E-state index contributed by atoms with van der Waals surface area (Å²) in [7, 11) is 1.63. The zero-order chi connectivity index (χ0) is 14.4. The van der Waals surface area contributed by atoms with Gasteiger partial charge in [0.2, 0.25) is 0 Å². The number of hydrogen-bond donors (Lipinski definition) is 2. The maximum Gasteiger partial charge on any atom is 0.118 e. The molecular weight excluding hydrogens is 250 g/mol. The van der Waals surface area contributed by atoms with E-state index in [2.05, 4.69) is 24.4 Å². The molecule has 20 heavy (non-hydrogen) atoms. The molecule has 0 aliphatic heterocycles. The molecule has 0 fully saturated rings. The summed E-state index contributed by atoms with van der Waals surface area (Å²) in [5.41, 5.74) is 2.10. The molecule has 0 aliphatic rings. The van der Waals surface area contributed by atoms with Crippen molar-refractivity contribution in [1.82, 2.24) is 5.32 Å². The van der Waals surface area contributed by atoms with Gasteiger partial charge in [-0.1, -0.05) is 42.5 Å². The lowest BCUT2D eigenvalue weighted by Gasteiger charge is -2.18. The minimum atomic E-state index is -0.521. The summed E-state index contributed by atoms with van der Waals surface area (Å²) < 4.78 is 5.11. The van der Waals surface area contributed by atoms with Gasteiger partial charge in [0.25, 0.3) is 0 Å². The normalized spacial score (nSPS) is 13.8. The minimum absolute atomic E-state index is 0.212. The van der Waals surface area contributed by atoms with Crippen LogP contribution in [0.15, 0.2) is 54.6 Å². The Hall–Kier alpha value is -1.84. The van der Waals surface area contributed by atoms with Crippen LogP contribution in [0.25, 0.3) is 0 Å². The van der Waals surface area contributed by atoms with Gasteiger partial charge in [0.05, 0.1) is 13.2 Å². The third-order valence-corrected chi connectivity index (χ3v) is 3.42. The summed E-state index contributed by atoms with van der Waals surface area (Å²) in [5.74, 6) is 0.798. The molecule has 106 valence electrons. The van der Waals surface area contributed by atoms with Crippen molar-refractivity contribution in [3.05, 3.63) is 65.7 Å². The van der Waals surface area contributed by atoms with Crippen LogP contribution in [-0.2, 0) is 0 Å². The van der Waals surface area contributed by atoms with E-state index in [1.54, 1.807) is 7.11 Å². The fourth-order valence-corrected chi connectivity index (χ4v) is 2.09. The van der Waals surface area contributed by atoms with Crippen molar-refractivity contribution in [3.8, 4) is 5.75 Å². The molecular formula is C17H21NO2. The predicted octanol–water partition coefficient (Wildman–Crippen LogP) is 3.08. The third kappa shape index (κ3) is 3.83. The van der Waals surface area contributed by atoms with E-state index in [-0.39, 0.29) is 6.04 Å². The highest BCUT2D eigenvalue weighted by Gasteiger charge is 2.10. The number of aliphatic hydroxyl groups excluding tert-OH is 1. The highest BCUT2D eigenvalue weighted by Crippen LogP contribution is 2.18. The molecule has 1 unspecified atom stereocenters. The van der Waals surface area contributed by atoms with E-state index < -0.39 is 6.10 Å². The molecule has 0 bridgehead atoms. The standard InChI is InChI=1S/C17H21NO2/c1-13(14-6-4-3-5-7-14)18-12-17(19)15-8-10-16(20-2)11-9-15/h3-11,13,17-19H,12H2,1-2H3/t13-,17?/m0/s1. The van der Waals surface area contributed by atoms with Gasteiger partial charge in [0.15, 0.2) is 0 Å². The van der Waals surface area contributed by atoms with Crippen LogP contribution in [0, 0.1) is 0 Å². The van der Waals surface area contributed by atoms with E-state index in [1.165, 1.54) is 5.56 Å². The summed E-state index contributed by atoms with van der Waals surface area (Å²) in [6.07, 6.45) is -0.521. The molecule has 2 aromatic rings. The van der Waals surface area contributed by atoms with E-state index in [0.717, 1.165) is 11.3 Å². The van der Waals surface area contributed by atoms with Gasteiger partial charge >= 0.3 is 0 Å². The number of nitrogens with one attached hydrogen (secondary N) is 1. The summed E-state index contributed by atoms with van der Waals surface area (Å²) >= 11 is 0. The average Bonchev–Trinajstić information content (AvgIpc) is 2.53. The number of hydrogen-bond acceptors (Lipinski definition) is 3. The van der Waals surface area contributed by atoms with Crippen molar-refractivity contribution in [1.29, 1.82) is 0 Å². The molecule has 0 heterocycles. The first kappa shape index (κ1) is 14.6. The van der Waals surface area contributed by atoms with Gasteiger partial charge in [-0.25, -0.2) is 0 Å². The lowest BCUT2D eigenvalue weighted by atomic mass is 10.1. The van der Waals surface area contributed by atoms with Crippen LogP contribution in [0.3, 0.4) is 0 Å². The second kappa shape index (κ2) is 7.08. The zero-order valence-electron chi connectivity index (χ0n) is 11.9. The molecule has 2 atom stereocenters. The summed E-state index contributed by atoms with van der Waals surface area (Å²) in [6.45, 7) is 2.61. The maximum atomic E-state index is 10.2. The zero-order valence-corrected chi connectivity index (χ0v) is 11.9. The fraction of sp³-hybridized carbons (Fsp3) is 0.294. The molecule has 3 heteroatoms. The monoisotopic (exact) mass is 271 g/mol. The van der Waals surface area contributed by atoms with Gasteiger partial charge in [0, 0.05) is 12.6 Å². The average molecular weight is 271 g/mol. The number of ether oxygens (including phenoxy) is 1. The van der Waals surface area contributed by atoms with E-state index in [1.807, 2.05) is 42.5 Å². The number of benzene rings is 2. The lowest BCUT2D eigenvalue weighted by Crippen LogP contribution is -2.24. The molecule has 2 N–H and O–H groups in total. The van der Waals surface area contributed by atoms with Crippen LogP contribution in [0.5, 0.6) is 5.75 Å². The van der Waals surface area contributed by atoms with E-state index in [0.29, 0.717) is 6.54 Å². The van der Waals surface area contributed by atoms with Crippen LogP contribution in [0.4, 0.5) is 0 Å². The molecule has 3 nitrogen and oxygen atoms in total. The van der Waals surface area contributed by atoms with Crippen molar-refractivity contribution in [2.24, 2.45) is 0 Å². The topological polar surface area (TPSA) is 41.5 Å². The molecule has 0 amide bonds. The molecule has 0 aliphatic carbocycles. The van der Waals surface area contributed by atoms with Crippen molar-refractivity contribution in [2.45, 2.75) is 19.1 Å². The minimum Gasteiger partial charge on any atom is -0.497 e. The fourth-order valence-electron chi connectivity index (χ4n) is 2.09. The third-order valence-electron chi connectivity index (χ3n) is 3.42. The summed E-state index contributed by atoms with van der Waals surface area (Å²) in [6, 6.07) is 17.9. The second-order valence-corrected chi connectivity index (χ2v) is 4.83. The van der Waals surface area contributed by atoms with Crippen LogP contribution >= 0.6 is 0 Å². The van der Waals surface area contributed by atoms with E-state index in [9.17, 15) is 5.11 Å². The van der Waals surface area contributed by atoms with Gasteiger partial charge in [-0.15, -0.1) is 0 Å². The van der Waals surface area contributed by atoms with E-state index in [4.69, 9.17) is 4.74 Å². The number of methoxy groups -OCH3 is 1. The van der Waals surface area contributed by atoms with Crippen LogP contribution in [0.2, 0.25) is 0 Å². The first-order chi connectivity index (χ1) is 9.70. The highest BCUT2D eigenvalue weighted by atomic mass is 16.5. The Balaban J connectivity index is 1.89. The Bertz CT molecular complexity index is 510. The first-order valence-electron chi connectivity index (χ1n) is 6.81. The Morgan fingerprint density at radius 1 is 1.00 bits per heavy atom. The van der Waals surface area contributed by atoms with Crippen molar-refractivity contribution >= 4 is 0 Å². The van der Waals surface area contributed by atoms with Crippen molar-refractivity contribution < 1.29 is 9.84 Å². The molecule has 2 aromatic carbocycles. The quantitative estimate of drug-likeness (QED) is 0.848. The molecule has 0 saturated heterocycles. The van der Waals surface area contributed by atoms with Crippen molar-refractivity contribution in [3.63, 3.8) is 0 Å². The van der Waals surface area contributed by atoms with Crippen LogP contribution < -0.4 is 10.1 Å². The highest BCUT2D eigenvalue weighted by molar-refractivity contribution is 5.28. The smallest absolute Gasteiger partial charge is 0.118 e. The van der Waals surface area contributed by atoms with Gasteiger partial charge in [0.1, 0.15) is 5.75 Å². The molecule has 0 saturated carbocycles.